The SMILES string of the molecule is CCCOC(C)C(=O)N1CCn2nc(Cc3ccccc3)cc2C1. The van der Waals surface area contributed by atoms with Gasteiger partial charge in [-0.3, -0.25) is 9.48 Å². The lowest BCUT2D eigenvalue weighted by atomic mass is 10.1. The van der Waals surface area contributed by atoms with Crippen LogP contribution in [-0.2, 0) is 29.0 Å². The van der Waals surface area contributed by atoms with Crippen LogP contribution in [0.2, 0.25) is 0 Å². The van der Waals surface area contributed by atoms with Gasteiger partial charge in [0, 0.05) is 19.6 Å². The molecule has 0 saturated heterocycles. The third-order valence-electron chi connectivity index (χ3n) is 4.31. The third-order valence-corrected chi connectivity index (χ3v) is 4.31. The maximum Gasteiger partial charge on any atom is 0.251 e. The average molecular weight is 327 g/mol. The topological polar surface area (TPSA) is 47.4 Å². The van der Waals surface area contributed by atoms with Crippen molar-refractivity contribution < 1.29 is 9.53 Å². The number of carbonyl (C=O) groups excluding carboxylic acids is 1. The molecule has 0 radical (unpaired) electrons. The summed E-state index contributed by atoms with van der Waals surface area (Å²) in [5.74, 6) is 0.0699. The Morgan fingerprint density at radius 1 is 1.29 bits per heavy atom. The molecule has 2 aromatic rings. The molecule has 1 unspecified atom stereocenters. The van der Waals surface area contributed by atoms with Crippen molar-refractivity contribution in [2.24, 2.45) is 0 Å². The largest absolute Gasteiger partial charge is 0.369 e. The normalized spacial score (nSPS) is 15.2. The van der Waals surface area contributed by atoms with Crippen molar-refractivity contribution in [2.45, 2.75) is 45.9 Å². The molecule has 128 valence electrons. The molecule has 0 spiro atoms. The minimum atomic E-state index is -0.372. The fraction of sp³-hybridized carbons (Fsp3) is 0.474. The van der Waals surface area contributed by atoms with E-state index in [0.717, 1.165) is 30.8 Å². The summed E-state index contributed by atoms with van der Waals surface area (Å²) in [6.45, 7) is 6.56. The van der Waals surface area contributed by atoms with Gasteiger partial charge >= 0.3 is 0 Å². The molecule has 1 aliphatic rings. The predicted octanol–water partition coefficient (Wildman–Crippen LogP) is 2.63. The molecule has 1 aromatic carbocycles. The zero-order valence-corrected chi connectivity index (χ0v) is 14.4. The molecule has 5 nitrogen and oxygen atoms in total. The van der Waals surface area contributed by atoms with Gasteiger partial charge in [0.2, 0.25) is 0 Å². The molecule has 1 atom stereocenters. The third kappa shape index (κ3) is 3.85. The molecular weight excluding hydrogens is 302 g/mol. The Balaban J connectivity index is 1.64. The number of nitrogens with zero attached hydrogens (tertiary/aromatic N) is 3. The van der Waals surface area contributed by atoms with Crippen LogP contribution < -0.4 is 0 Å². The predicted molar refractivity (Wildman–Crippen MR) is 92.6 cm³/mol. The molecule has 5 heteroatoms. The molecule has 3 rings (SSSR count). The van der Waals surface area contributed by atoms with Gasteiger partial charge in [-0.05, 0) is 25.0 Å². The van der Waals surface area contributed by atoms with E-state index in [2.05, 4.69) is 23.3 Å². The van der Waals surface area contributed by atoms with E-state index in [4.69, 9.17) is 4.74 Å². The molecule has 1 amide bonds. The second-order valence-corrected chi connectivity index (χ2v) is 6.29. The number of hydrogen-bond donors (Lipinski definition) is 0. The van der Waals surface area contributed by atoms with E-state index in [1.54, 1.807) is 0 Å². The lowest BCUT2D eigenvalue weighted by Crippen LogP contribution is -2.43. The van der Waals surface area contributed by atoms with Crippen molar-refractivity contribution in [3.05, 3.63) is 53.3 Å². The van der Waals surface area contributed by atoms with Crippen molar-refractivity contribution in [1.29, 1.82) is 0 Å². The second kappa shape index (κ2) is 7.62. The van der Waals surface area contributed by atoms with E-state index in [0.29, 0.717) is 19.7 Å². The van der Waals surface area contributed by atoms with Gasteiger partial charge in [0.25, 0.3) is 5.91 Å². The molecule has 0 aliphatic carbocycles. The van der Waals surface area contributed by atoms with E-state index in [9.17, 15) is 4.79 Å². The van der Waals surface area contributed by atoms with Crippen molar-refractivity contribution >= 4 is 5.91 Å². The minimum absolute atomic E-state index is 0.0699. The number of amides is 1. The average Bonchev–Trinajstić information content (AvgIpc) is 3.01. The highest BCUT2D eigenvalue weighted by Gasteiger charge is 2.26. The maximum absolute atomic E-state index is 12.5. The van der Waals surface area contributed by atoms with Gasteiger partial charge in [-0.1, -0.05) is 37.3 Å². The number of aromatic nitrogens is 2. The standard InChI is InChI=1S/C19H25N3O2/c1-3-11-24-15(2)19(23)21-9-10-22-18(14-21)13-17(20-22)12-16-7-5-4-6-8-16/h4-8,13,15H,3,9-12,14H2,1-2H3. The Kier molecular flexibility index (Phi) is 5.30. The van der Waals surface area contributed by atoms with Crippen molar-refractivity contribution in [1.82, 2.24) is 14.7 Å². The van der Waals surface area contributed by atoms with Crippen LogP contribution in [0.25, 0.3) is 0 Å². The molecule has 0 fully saturated rings. The van der Waals surface area contributed by atoms with E-state index < -0.39 is 0 Å². The number of fused-ring (bicyclic) bond motifs is 1. The Hall–Kier alpha value is -2.14. The smallest absolute Gasteiger partial charge is 0.251 e. The van der Waals surface area contributed by atoms with Gasteiger partial charge in [-0.15, -0.1) is 0 Å². The monoisotopic (exact) mass is 327 g/mol. The summed E-state index contributed by atoms with van der Waals surface area (Å²) in [6.07, 6.45) is 1.38. The van der Waals surface area contributed by atoms with Crippen molar-refractivity contribution in [2.75, 3.05) is 13.2 Å². The van der Waals surface area contributed by atoms with Gasteiger partial charge in [0.05, 0.1) is 24.5 Å². The number of rotatable bonds is 6. The molecule has 24 heavy (non-hydrogen) atoms. The Morgan fingerprint density at radius 2 is 2.08 bits per heavy atom. The molecule has 0 N–H and O–H groups in total. The zero-order chi connectivity index (χ0) is 16.9. The first-order valence-corrected chi connectivity index (χ1v) is 8.67. The fourth-order valence-electron chi connectivity index (χ4n) is 3.03. The van der Waals surface area contributed by atoms with Gasteiger partial charge < -0.3 is 9.64 Å². The summed E-state index contributed by atoms with van der Waals surface area (Å²) >= 11 is 0. The highest BCUT2D eigenvalue weighted by atomic mass is 16.5. The Morgan fingerprint density at radius 3 is 2.83 bits per heavy atom. The highest BCUT2D eigenvalue weighted by Crippen LogP contribution is 2.17. The summed E-state index contributed by atoms with van der Waals surface area (Å²) in [5.41, 5.74) is 3.41. The Bertz CT molecular complexity index is 681. The quantitative estimate of drug-likeness (QED) is 0.819. The number of carbonyl (C=O) groups is 1. The van der Waals surface area contributed by atoms with Crippen LogP contribution in [0, 0.1) is 0 Å². The van der Waals surface area contributed by atoms with E-state index in [1.165, 1.54) is 5.56 Å². The summed E-state index contributed by atoms with van der Waals surface area (Å²) < 4.78 is 7.59. The van der Waals surface area contributed by atoms with Crippen LogP contribution in [0.15, 0.2) is 36.4 Å². The fourth-order valence-corrected chi connectivity index (χ4v) is 3.03. The molecule has 0 saturated carbocycles. The molecule has 2 heterocycles. The zero-order valence-electron chi connectivity index (χ0n) is 14.4. The lowest BCUT2D eigenvalue weighted by Gasteiger charge is -2.29. The second-order valence-electron chi connectivity index (χ2n) is 6.29. The first-order chi connectivity index (χ1) is 11.7. The molecule has 1 aliphatic heterocycles. The van der Waals surface area contributed by atoms with Crippen LogP contribution in [0.4, 0.5) is 0 Å². The van der Waals surface area contributed by atoms with Crippen molar-refractivity contribution in [3.63, 3.8) is 0 Å². The molecular formula is C19H25N3O2. The van der Waals surface area contributed by atoms with Crippen LogP contribution in [0.3, 0.4) is 0 Å². The van der Waals surface area contributed by atoms with E-state index >= 15 is 0 Å². The summed E-state index contributed by atoms with van der Waals surface area (Å²) in [6, 6.07) is 12.5. The summed E-state index contributed by atoms with van der Waals surface area (Å²) in [5, 5.41) is 4.68. The van der Waals surface area contributed by atoms with Gasteiger partial charge in [-0.25, -0.2) is 0 Å². The first-order valence-electron chi connectivity index (χ1n) is 8.67. The van der Waals surface area contributed by atoms with Crippen LogP contribution >= 0.6 is 0 Å². The van der Waals surface area contributed by atoms with Gasteiger partial charge in [0.15, 0.2) is 0 Å². The number of ether oxygens (including phenoxy) is 1. The highest BCUT2D eigenvalue weighted by molar-refractivity contribution is 5.80. The lowest BCUT2D eigenvalue weighted by molar-refractivity contribution is -0.144. The maximum atomic E-state index is 12.5. The number of hydrogen-bond acceptors (Lipinski definition) is 3. The van der Waals surface area contributed by atoms with Gasteiger partial charge in [0.1, 0.15) is 6.10 Å². The van der Waals surface area contributed by atoms with Crippen LogP contribution in [0.5, 0.6) is 0 Å². The van der Waals surface area contributed by atoms with Crippen molar-refractivity contribution in [3.8, 4) is 0 Å². The van der Waals surface area contributed by atoms with Crippen LogP contribution in [-0.4, -0.2) is 39.8 Å². The minimum Gasteiger partial charge on any atom is -0.369 e. The van der Waals surface area contributed by atoms with E-state index in [1.807, 2.05) is 41.6 Å². The molecule has 0 bridgehead atoms. The first kappa shape index (κ1) is 16.7. The Labute approximate surface area is 143 Å². The molecule has 1 aromatic heterocycles. The van der Waals surface area contributed by atoms with Crippen LogP contribution in [0.1, 0.15) is 37.2 Å². The van der Waals surface area contributed by atoms with E-state index in [-0.39, 0.29) is 12.0 Å². The van der Waals surface area contributed by atoms with Gasteiger partial charge in [-0.2, -0.15) is 5.10 Å². The number of benzene rings is 1. The summed E-state index contributed by atoms with van der Waals surface area (Å²) in [4.78, 5) is 14.4. The summed E-state index contributed by atoms with van der Waals surface area (Å²) in [7, 11) is 0.